The van der Waals surface area contributed by atoms with Gasteiger partial charge in [0.2, 0.25) is 0 Å². The number of nitrogens with one attached hydrogen (secondary N) is 1. The molecule has 1 aliphatic rings. The van der Waals surface area contributed by atoms with Crippen LogP contribution in [0.5, 0.6) is 0 Å². The fraction of sp³-hybridized carbons (Fsp3) is 0.857. The number of piperidine rings is 1. The van der Waals surface area contributed by atoms with Crippen molar-refractivity contribution < 1.29 is 13.7 Å². The summed E-state index contributed by atoms with van der Waals surface area (Å²) >= 11 is 0. The molecule has 1 aliphatic heterocycles. The lowest BCUT2D eigenvalue weighted by atomic mass is 9.95. The van der Waals surface area contributed by atoms with Gasteiger partial charge in [-0.25, -0.2) is 8.78 Å². The molecule has 0 bridgehead atoms. The largest absolute Gasteiger partial charge is 0.463 e. The van der Waals surface area contributed by atoms with Crippen molar-refractivity contribution in [2.75, 3.05) is 13.1 Å². The third-order valence-corrected chi connectivity index (χ3v) is 2.14. The van der Waals surface area contributed by atoms with Crippen LogP contribution in [-0.2, 0) is 0 Å². The summed E-state index contributed by atoms with van der Waals surface area (Å²) in [5, 5.41) is 0. The highest BCUT2D eigenvalue weighted by molar-refractivity contribution is 4.75. The molecule has 2 unspecified atom stereocenters. The molecule has 2 atom stereocenters. The topological polar surface area (TPSA) is 4.44 Å². The Balaban J connectivity index is 2.55. The van der Waals surface area contributed by atoms with Crippen LogP contribution in [0.3, 0.4) is 0 Å². The Labute approximate surface area is 60.0 Å². The Morgan fingerprint density at radius 1 is 1.60 bits per heavy atom. The zero-order valence-electron chi connectivity index (χ0n) is 6.16. The van der Waals surface area contributed by atoms with Gasteiger partial charge in [0.15, 0.2) is 0 Å². The Morgan fingerprint density at radius 2 is 2.20 bits per heavy atom. The monoisotopic (exact) mass is 149 g/mol. The molecule has 1 fully saturated rings. The molecule has 60 valence electrons. The fourth-order valence-corrected chi connectivity index (χ4v) is 1.23. The number of likely N-dealkylation sites (tertiary alicyclic amines) is 1. The van der Waals surface area contributed by atoms with E-state index in [4.69, 9.17) is 0 Å². The van der Waals surface area contributed by atoms with E-state index in [2.05, 4.69) is 7.05 Å². The smallest absolute Gasteiger partial charge is 0.296 e. The predicted octanol–water partition coefficient (Wildman–Crippen LogP) is 0.338. The second kappa shape index (κ2) is 2.46. The van der Waals surface area contributed by atoms with Crippen LogP contribution in [0.1, 0.15) is 13.3 Å². The average Bonchev–Trinajstić information content (AvgIpc) is 1.78. The van der Waals surface area contributed by atoms with E-state index in [9.17, 15) is 8.78 Å². The Hall–Kier alpha value is -0.180. The first kappa shape index (κ1) is 7.92. The molecule has 0 aromatic carbocycles. The van der Waals surface area contributed by atoms with Crippen molar-refractivity contribution in [2.24, 2.45) is 5.92 Å². The zero-order valence-corrected chi connectivity index (χ0v) is 6.16. The van der Waals surface area contributed by atoms with Gasteiger partial charge in [0.25, 0.3) is 5.92 Å². The van der Waals surface area contributed by atoms with Gasteiger partial charge < -0.3 is 4.90 Å². The maximum atomic E-state index is 12.8. The molecule has 0 aromatic rings. The van der Waals surface area contributed by atoms with E-state index in [0.29, 0.717) is 11.3 Å². The van der Waals surface area contributed by atoms with Gasteiger partial charge in [-0.05, 0) is 0 Å². The average molecular weight is 149 g/mol. The number of halogens is 2. The lowest BCUT2D eigenvalue weighted by Gasteiger charge is -2.35. The predicted molar refractivity (Wildman–Crippen MR) is 34.8 cm³/mol. The van der Waals surface area contributed by atoms with E-state index >= 15 is 0 Å². The van der Waals surface area contributed by atoms with Gasteiger partial charge in [-0.3, -0.25) is 0 Å². The van der Waals surface area contributed by atoms with Crippen molar-refractivity contribution in [1.82, 2.24) is 0 Å². The zero-order chi connectivity index (χ0) is 7.78. The van der Waals surface area contributed by atoms with E-state index in [1.807, 2.05) is 0 Å². The summed E-state index contributed by atoms with van der Waals surface area (Å²) in [4.78, 5) is 0.697. The first-order valence-corrected chi connectivity index (χ1v) is 3.57. The highest BCUT2D eigenvalue weighted by atomic mass is 19.3. The molecular weight excluding hydrogens is 136 g/mol. The third-order valence-electron chi connectivity index (χ3n) is 2.14. The minimum atomic E-state index is -2.49. The Bertz CT molecular complexity index is 125. The van der Waals surface area contributed by atoms with Crippen LogP contribution in [0.25, 0.3) is 0 Å². The standard InChI is InChI=1S/C7H13F2N/c1-6-3-4-10(2)5-7(6,8)9/h6,10H,2-5H2,1H3. The molecule has 1 saturated heterocycles. The SMILES string of the molecule is [CH2-][NH+]1CCC(C)C(F)(F)C1. The molecule has 0 aromatic heterocycles. The molecule has 0 radical (unpaired) electrons. The molecule has 10 heavy (non-hydrogen) atoms. The molecule has 0 aliphatic carbocycles. The molecule has 0 spiro atoms. The maximum absolute atomic E-state index is 12.8. The Kier molecular flexibility index (Phi) is 1.95. The molecule has 1 heterocycles. The number of alkyl halides is 2. The molecule has 0 amide bonds. The van der Waals surface area contributed by atoms with Gasteiger partial charge in [0.05, 0.1) is 6.54 Å². The summed E-state index contributed by atoms with van der Waals surface area (Å²) in [7, 11) is 3.56. The van der Waals surface area contributed by atoms with Crippen molar-refractivity contribution in [3.8, 4) is 0 Å². The quantitative estimate of drug-likeness (QED) is 0.474. The maximum Gasteiger partial charge on any atom is 0.296 e. The van der Waals surface area contributed by atoms with Crippen LogP contribution < -0.4 is 4.90 Å². The summed E-state index contributed by atoms with van der Waals surface area (Å²) in [6.45, 7) is 2.28. The second-order valence-corrected chi connectivity index (χ2v) is 3.13. The first-order valence-electron chi connectivity index (χ1n) is 3.57. The van der Waals surface area contributed by atoms with Gasteiger partial charge in [-0.2, -0.15) is 7.05 Å². The van der Waals surface area contributed by atoms with Crippen LogP contribution in [0.15, 0.2) is 0 Å². The van der Waals surface area contributed by atoms with E-state index in [-0.39, 0.29) is 6.54 Å². The molecule has 1 nitrogen and oxygen atoms in total. The van der Waals surface area contributed by atoms with Crippen LogP contribution >= 0.6 is 0 Å². The van der Waals surface area contributed by atoms with Crippen LogP contribution in [0.2, 0.25) is 0 Å². The van der Waals surface area contributed by atoms with Crippen molar-refractivity contribution in [1.29, 1.82) is 0 Å². The van der Waals surface area contributed by atoms with Crippen LogP contribution in [-0.4, -0.2) is 19.0 Å². The minimum Gasteiger partial charge on any atom is -0.463 e. The number of hydrogen-bond donors (Lipinski definition) is 1. The summed E-state index contributed by atoms with van der Waals surface area (Å²) < 4.78 is 25.6. The van der Waals surface area contributed by atoms with Crippen molar-refractivity contribution in [3.63, 3.8) is 0 Å². The normalized spacial score (nSPS) is 39.6. The summed E-state index contributed by atoms with van der Waals surface area (Å²) in [5.74, 6) is -2.95. The summed E-state index contributed by atoms with van der Waals surface area (Å²) in [6.07, 6.45) is 0.589. The highest BCUT2D eigenvalue weighted by Crippen LogP contribution is 2.26. The number of hydrogen-bond acceptors (Lipinski definition) is 0. The fourth-order valence-electron chi connectivity index (χ4n) is 1.23. The minimum absolute atomic E-state index is 0.103. The van der Waals surface area contributed by atoms with E-state index < -0.39 is 11.8 Å². The van der Waals surface area contributed by atoms with Gasteiger partial charge in [0.1, 0.15) is 6.54 Å². The van der Waals surface area contributed by atoms with Crippen molar-refractivity contribution >= 4 is 0 Å². The lowest BCUT2D eigenvalue weighted by molar-refractivity contribution is -0.871. The molecule has 3 heteroatoms. The van der Waals surface area contributed by atoms with Gasteiger partial charge in [-0.15, -0.1) is 0 Å². The van der Waals surface area contributed by atoms with E-state index in [1.54, 1.807) is 6.92 Å². The van der Waals surface area contributed by atoms with Crippen molar-refractivity contribution in [3.05, 3.63) is 7.05 Å². The number of rotatable bonds is 0. The molecular formula is C7H13F2N. The van der Waals surface area contributed by atoms with E-state index in [1.165, 1.54) is 0 Å². The van der Waals surface area contributed by atoms with Gasteiger partial charge in [0, 0.05) is 12.3 Å². The summed E-state index contributed by atoms with van der Waals surface area (Å²) in [5.41, 5.74) is 0. The summed E-state index contributed by atoms with van der Waals surface area (Å²) in [6, 6.07) is 0. The van der Waals surface area contributed by atoms with Gasteiger partial charge in [-0.1, -0.05) is 6.92 Å². The van der Waals surface area contributed by atoms with Crippen molar-refractivity contribution in [2.45, 2.75) is 19.3 Å². The molecule has 1 N–H and O–H groups in total. The first-order chi connectivity index (χ1) is 4.52. The third kappa shape index (κ3) is 1.45. The van der Waals surface area contributed by atoms with E-state index in [0.717, 1.165) is 6.54 Å². The number of quaternary nitrogens is 1. The second-order valence-electron chi connectivity index (χ2n) is 3.13. The molecule has 0 saturated carbocycles. The van der Waals surface area contributed by atoms with Crippen LogP contribution in [0, 0.1) is 13.0 Å². The van der Waals surface area contributed by atoms with Crippen LogP contribution in [0.4, 0.5) is 8.78 Å². The highest BCUT2D eigenvalue weighted by Gasteiger charge is 2.41. The molecule has 1 rings (SSSR count). The Morgan fingerprint density at radius 3 is 2.60 bits per heavy atom. The van der Waals surface area contributed by atoms with Gasteiger partial charge >= 0.3 is 0 Å². The lowest BCUT2D eigenvalue weighted by Crippen LogP contribution is -3.10.